The fourth-order valence-electron chi connectivity index (χ4n) is 4.34. The van der Waals surface area contributed by atoms with Crippen LogP contribution in [0.1, 0.15) is 82.4 Å². The Morgan fingerprint density at radius 1 is 1.12 bits per heavy atom. The highest BCUT2D eigenvalue weighted by molar-refractivity contribution is 5.92. The van der Waals surface area contributed by atoms with Gasteiger partial charge in [-0.05, 0) is 52.6 Å². The molecule has 1 unspecified atom stereocenters. The van der Waals surface area contributed by atoms with Gasteiger partial charge >= 0.3 is 0 Å². The van der Waals surface area contributed by atoms with Crippen LogP contribution in [0.3, 0.4) is 0 Å². The molecule has 6 heteroatoms. The second kappa shape index (κ2) is 11.2. The maximum absolute atomic E-state index is 13.3. The Kier molecular flexibility index (Phi) is 8.37. The maximum atomic E-state index is 13.3. The molecule has 6 nitrogen and oxygen atoms in total. The molecule has 182 valence electrons. The molecule has 3 aromatic rings. The van der Waals surface area contributed by atoms with Gasteiger partial charge in [-0.2, -0.15) is 5.10 Å². The van der Waals surface area contributed by atoms with Crippen molar-refractivity contribution in [2.24, 2.45) is 0 Å². The average molecular weight is 464 g/mol. The molecule has 0 radical (unpaired) electrons. The molecule has 0 aliphatic heterocycles. The predicted molar refractivity (Wildman–Crippen MR) is 136 cm³/mol. The van der Waals surface area contributed by atoms with E-state index in [2.05, 4.69) is 50.2 Å². The summed E-state index contributed by atoms with van der Waals surface area (Å²) in [5.41, 5.74) is 3.50. The van der Waals surface area contributed by atoms with Crippen molar-refractivity contribution in [2.45, 2.75) is 77.7 Å². The lowest BCUT2D eigenvalue weighted by Gasteiger charge is -2.25. The van der Waals surface area contributed by atoms with E-state index in [9.17, 15) is 15.0 Å². The summed E-state index contributed by atoms with van der Waals surface area (Å²) in [5, 5.41) is 27.6. The number of hydrogen-bond donors (Lipinski definition) is 3. The van der Waals surface area contributed by atoms with Gasteiger partial charge < -0.3 is 15.5 Å². The summed E-state index contributed by atoms with van der Waals surface area (Å²) < 4.78 is 1.86. The van der Waals surface area contributed by atoms with Gasteiger partial charge in [-0.1, -0.05) is 65.2 Å². The minimum Gasteiger partial charge on any atom is -0.508 e. The maximum Gasteiger partial charge on any atom is 0.224 e. The van der Waals surface area contributed by atoms with E-state index in [4.69, 9.17) is 0 Å². The molecule has 1 atom stereocenters. The third-order valence-electron chi connectivity index (χ3n) is 6.11. The van der Waals surface area contributed by atoms with Crippen LogP contribution in [0.15, 0.2) is 54.9 Å². The molecule has 0 aliphatic rings. The molecule has 2 aromatic carbocycles. The van der Waals surface area contributed by atoms with Gasteiger partial charge in [0.15, 0.2) is 0 Å². The van der Waals surface area contributed by atoms with Crippen LogP contribution in [0.25, 0.3) is 0 Å². The number of rotatable bonds is 10. The van der Waals surface area contributed by atoms with Gasteiger partial charge in [-0.25, -0.2) is 0 Å². The first-order valence-corrected chi connectivity index (χ1v) is 12.1. The number of hydrogen-bond acceptors (Lipinski definition) is 4. The molecular formula is C28H37N3O3. The van der Waals surface area contributed by atoms with Crippen LogP contribution in [0.4, 0.5) is 5.69 Å². The second-order valence-electron chi connectivity index (χ2n) is 10.0. The minimum atomic E-state index is -0.136. The molecular weight excluding hydrogens is 426 g/mol. The van der Waals surface area contributed by atoms with Crippen molar-refractivity contribution in [1.82, 2.24) is 9.78 Å². The molecule has 34 heavy (non-hydrogen) atoms. The third kappa shape index (κ3) is 6.86. The van der Waals surface area contributed by atoms with E-state index in [0.29, 0.717) is 12.1 Å². The Hall–Kier alpha value is -3.28. The predicted octanol–water partition coefficient (Wildman–Crippen LogP) is 6.33. The van der Waals surface area contributed by atoms with Gasteiger partial charge in [-0.15, -0.1) is 0 Å². The number of carbonyl (C=O) groups is 1. The Bertz CT molecular complexity index is 1080. The van der Waals surface area contributed by atoms with Gasteiger partial charge in [0.2, 0.25) is 5.91 Å². The van der Waals surface area contributed by atoms with Gasteiger partial charge in [0.1, 0.15) is 11.5 Å². The molecule has 0 bridgehead atoms. The Morgan fingerprint density at radius 3 is 2.56 bits per heavy atom. The number of unbranched alkanes of at least 4 members (excludes halogenated alkanes) is 2. The first kappa shape index (κ1) is 25.3. The van der Waals surface area contributed by atoms with Crippen LogP contribution in [-0.4, -0.2) is 25.9 Å². The summed E-state index contributed by atoms with van der Waals surface area (Å²) in [7, 11) is 0. The number of amides is 1. The monoisotopic (exact) mass is 463 g/mol. The van der Waals surface area contributed by atoms with Crippen molar-refractivity contribution in [1.29, 1.82) is 0 Å². The lowest BCUT2D eigenvalue weighted by atomic mass is 9.85. The van der Waals surface area contributed by atoms with Crippen molar-refractivity contribution in [2.75, 3.05) is 5.32 Å². The number of nitrogens with one attached hydrogen (secondary N) is 1. The summed E-state index contributed by atoms with van der Waals surface area (Å²) in [6, 6.07) is 12.7. The number of carbonyl (C=O) groups excluding carboxylic acids is 1. The summed E-state index contributed by atoms with van der Waals surface area (Å²) in [6.45, 7) is 9.17. The van der Waals surface area contributed by atoms with Crippen LogP contribution >= 0.6 is 0 Å². The van der Waals surface area contributed by atoms with Crippen molar-refractivity contribution in [3.8, 4) is 11.5 Å². The topological polar surface area (TPSA) is 87.4 Å². The highest BCUT2D eigenvalue weighted by Gasteiger charge is 2.23. The van der Waals surface area contributed by atoms with E-state index in [1.165, 1.54) is 6.07 Å². The summed E-state index contributed by atoms with van der Waals surface area (Å²) in [5.74, 6) is -0.166. The smallest absolute Gasteiger partial charge is 0.224 e. The molecule has 0 fully saturated rings. The van der Waals surface area contributed by atoms with Gasteiger partial charge in [0, 0.05) is 30.6 Å². The SMILES string of the molecule is CCCCCC(CC(=O)Nc1cc(Cn2cccn2)ccc1C(C)(C)C)c1ccc(O)cc1O. The minimum absolute atomic E-state index is 0.0156. The zero-order valence-corrected chi connectivity index (χ0v) is 20.7. The molecule has 1 heterocycles. The number of benzene rings is 2. The number of nitrogens with zero attached hydrogens (tertiary/aromatic N) is 2. The van der Waals surface area contributed by atoms with Crippen LogP contribution < -0.4 is 5.32 Å². The van der Waals surface area contributed by atoms with Crippen LogP contribution in [0.5, 0.6) is 11.5 Å². The van der Waals surface area contributed by atoms with E-state index in [1.807, 2.05) is 23.0 Å². The molecule has 3 rings (SSSR count). The lowest BCUT2D eigenvalue weighted by Crippen LogP contribution is -2.21. The summed E-state index contributed by atoms with van der Waals surface area (Å²) in [4.78, 5) is 13.3. The number of aromatic hydroxyl groups is 2. The highest BCUT2D eigenvalue weighted by Crippen LogP contribution is 2.36. The first-order valence-electron chi connectivity index (χ1n) is 12.1. The Balaban J connectivity index is 1.83. The zero-order valence-electron chi connectivity index (χ0n) is 20.7. The zero-order chi connectivity index (χ0) is 24.7. The largest absolute Gasteiger partial charge is 0.508 e. The lowest BCUT2D eigenvalue weighted by molar-refractivity contribution is -0.116. The highest BCUT2D eigenvalue weighted by atomic mass is 16.3. The van der Waals surface area contributed by atoms with E-state index >= 15 is 0 Å². The van der Waals surface area contributed by atoms with Crippen LogP contribution in [0, 0.1) is 0 Å². The van der Waals surface area contributed by atoms with Crippen molar-refractivity contribution in [3.63, 3.8) is 0 Å². The normalized spacial score (nSPS) is 12.5. The first-order chi connectivity index (χ1) is 16.2. The van der Waals surface area contributed by atoms with Gasteiger partial charge in [0.05, 0.1) is 6.54 Å². The Morgan fingerprint density at radius 2 is 1.91 bits per heavy atom. The third-order valence-corrected chi connectivity index (χ3v) is 6.11. The Labute approximate surface area is 202 Å². The van der Waals surface area contributed by atoms with E-state index in [1.54, 1.807) is 18.3 Å². The van der Waals surface area contributed by atoms with Gasteiger partial charge in [-0.3, -0.25) is 9.48 Å². The van der Waals surface area contributed by atoms with Crippen LogP contribution in [0.2, 0.25) is 0 Å². The van der Waals surface area contributed by atoms with Crippen molar-refractivity contribution < 1.29 is 15.0 Å². The molecule has 1 amide bonds. The molecule has 3 N–H and O–H groups in total. The van der Waals surface area contributed by atoms with Crippen molar-refractivity contribution in [3.05, 3.63) is 71.5 Å². The number of phenolic OH excluding ortho intramolecular Hbond substituents is 2. The van der Waals surface area contributed by atoms with E-state index in [0.717, 1.165) is 42.5 Å². The van der Waals surface area contributed by atoms with Crippen LogP contribution in [-0.2, 0) is 16.8 Å². The molecule has 1 aromatic heterocycles. The summed E-state index contributed by atoms with van der Waals surface area (Å²) >= 11 is 0. The van der Waals surface area contributed by atoms with Crippen molar-refractivity contribution >= 4 is 11.6 Å². The second-order valence-corrected chi connectivity index (χ2v) is 10.0. The molecule has 0 saturated carbocycles. The number of aromatic nitrogens is 2. The average Bonchev–Trinajstić information content (AvgIpc) is 3.25. The van der Waals surface area contributed by atoms with Gasteiger partial charge in [0.25, 0.3) is 0 Å². The quantitative estimate of drug-likeness (QED) is 0.307. The fraction of sp³-hybridized carbons (Fsp3) is 0.429. The standard InChI is InChI=1S/C28H37N3O3/c1-5-6-7-9-21(23-12-11-22(32)18-26(23)33)17-27(34)30-25-16-20(19-31-15-8-14-29-31)10-13-24(25)28(2,3)4/h8,10-16,18,21,32-33H,5-7,9,17,19H2,1-4H3,(H,30,34). The molecule has 0 saturated heterocycles. The number of anilines is 1. The molecule has 0 aliphatic carbocycles. The van der Waals surface area contributed by atoms with E-state index < -0.39 is 0 Å². The molecule has 0 spiro atoms. The van der Waals surface area contributed by atoms with E-state index in [-0.39, 0.29) is 35.2 Å². The fourth-order valence-corrected chi connectivity index (χ4v) is 4.34. The number of phenols is 2. The summed E-state index contributed by atoms with van der Waals surface area (Å²) in [6.07, 6.45) is 7.85.